The number of anilines is 1. The molecule has 0 bridgehead atoms. The van der Waals surface area contributed by atoms with E-state index in [-0.39, 0.29) is 5.41 Å². The Morgan fingerprint density at radius 3 is 2.23 bits per heavy atom. The molecule has 1 amide bonds. The predicted octanol–water partition coefficient (Wildman–Crippen LogP) is 5.08. The Morgan fingerprint density at radius 1 is 0.839 bits per heavy atom. The quantitative estimate of drug-likeness (QED) is 0.601. The van der Waals surface area contributed by atoms with Crippen LogP contribution in [0.2, 0.25) is 0 Å². The molecule has 2 aromatic carbocycles. The van der Waals surface area contributed by atoms with Gasteiger partial charge < -0.3 is 4.90 Å². The van der Waals surface area contributed by atoms with Crippen LogP contribution in [0.15, 0.2) is 72.9 Å². The monoisotopic (exact) mass is 411 g/mol. The minimum absolute atomic E-state index is 0.187. The average Bonchev–Trinajstić information content (AvgIpc) is 3.13. The molecule has 5 rings (SSSR count). The van der Waals surface area contributed by atoms with Crippen molar-refractivity contribution < 1.29 is 4.79 Å². The number of piperidine rings is 1. The number of rotatable bonds is 4. The number of aromatic nitrogens is 1. The molecule has 2 saturated heterocycles. The Labute approximate surface area is 184 Å². The Morgan fingerprint density at radius 2 is 1.52 bits per heavy atom. The lowest BCUT2D eigenvalue weighted by molar-refractivity contribution is -0.128. The van der Waals surface area contributed by atoms with Gasteiger partial charge in [-0.2, -0.15) is 0 Å². The fraction of sp³-hybridized carbons (Fsp3) is 0.333. The van der Waals surface area contributed by atoms with E-state index >= 15 is 0 Å². The molecular weight excluding hydrogens is 382 g/mol. The summed E-state index contributed by atoms with van der Waals surface area (Å²) in [5, 5.41) is 0. The van der Waals surface area contributed by atoms with Crippen LogP contribution in [-0.4, -0.2) is 35.4 Å². The summed E-state index contributed by atoms with van der Waals surface area (Å²) in [7, 11) is 0. The number of carbonyl (C=O) groups excluding carboxylic acids is 1. The molecule has 2 aliphatic rings. The third kappa shape index (κ3) is 3.88. The molecule has 3 heterocycles. The maximum absolute atomic E-state index is 13.5. The smallest absolute Gasteiger partial charge is 0.233 e. The first kappa shape index (κ1) is 20.0. The van der Waals surface area contributed by atoms with Crippen molar-refractivity contribution in [3.8, 4) is 11.1 Å². The topological polar surface area (TPSA) is 36.4 Å². The van der Waals surface area contributed by atoms with E-state index in [2.05, 4.69) is 71.4 Å². The van der Waals surface area contributed by atoms with Gasteiger partial charge in [0.25, 0.3) is 0 Å². The van der Waals surface area contributed by atoms with Gasteiger partial charge in [-0.3, -0.25) is 14.7 Å². The number of hydrogen-bond acceptors (Lipinski definition) is 3. The number of amides is 1. The van der Waals surface area contributed by atoms with Gasteiger partial charge >= 0.3 is 0 Å². The lowest BCUT2D eigenvalue weighted by atomic mass is 9.77. The van der Waals surface area contributed by atoms with Crippen LogP contribution in [0.5, 0.6) is 0 Å². The number of likely N-dealkylation sites (tertiary alicyclic amines) is 1. The molecule has 1 spiro atoms. The van der Waals surface area contributed by atoms with Crippen molar-refractivity contribution >= 4 is 11.6 Å². The van der Waals surface area contributed by atoms with Crippen LogP contribution in [-0.2, 0) is 11.3 Å². The molecule has 0 aliphatic carbocycles. The zero-order valence-corrected chi connectivity index (χ0v) is 18.1. The van der Waals surface area contributed by atoms with Gasteiger partial charge in [-0.25, -0.2) is 0 Å². The zero-order chi connectivity index (χ0) is 21.3. The number of hydrogen-bond donors (Lipinski definition) is 0. The lowest BCUT2D eigenvalue weighted by Crippen LogP contribution is -2.44. The SMILES string of the molecule is Cc1cccnc1CN1CCC2(CC1)CCN(c1ccc(-c3ccccc3)cc1)C2=O. The van der Waals surface area contributed by atoms with Crippen LogP contribution < -0.4 is 4.90 Å². The molecule has 0 saturated carbocycles. The van der Waals surface area contributed by atoms with Crippen molar-refractivity contribution in [3.63, 3.8) is 0 Å². The molecule has 2 fully saturated rings. The Balaban J connectivity index is 1.24. The third-order valence-corrected chi connectivity index (χ3v) is 7.10. The number of nitrogens with zero attached hydrogens (tertiary/aromatic N) is 3. The maximum Gasteiger partial charge on any atom is 0.233 e. The first-order chi connectivity index (χ1) is 15.1. The fourth-order valence-corrected chi connectivity index (χ4v) is 5.03. The Bertz CT molecular complexity index is 1050. The van der Waals surface area contributed by atoms with E-state index in [9.17, 15) is 4.79 Å². The maximum atomic E-state index is 13.5. The zero-order valence-electron chi connectivity index (χ0n) is 18.1. The van der Waals surface area contributed by atoms with Gasteiger partial charge in [-0.05, 0) is 74.2 Å². The van der Waals surface area contributed by atoms with Gasteiger partial charge in [0.2, 0.25) is 5.91 Å². The average molecular weight is 412 g/mol. The molecule has 2 aliphatic heterocycles. The molecule has 0 atom stereocenters. The number of pyridine rings is 1. The molecule has 0 radical (unpaired) electrons. The van der Waals surface area contributed by atoms with Crippen molar-refractivity contribution in [2.24, 2.45) is 5.41 Å². The fourth-order valence-electron chi connectivity index (χ4n) is 5.03. The summed E-state index contributed by atoms with van der Waals surface area (Å²) in [6, 6.07) is 22.9. The molecule has 4 nitrogen and oxygen atoms in total. The van der Waals surface area contributed by atoms with Crippen LogP contribution in [0.25, 0.3) is 11.1 Å². The minimum atomic E-state index is -0.187. The Kier molecular flexibility index (Phi) is 5.33. The van der Waals surface area contributed by atoms with E-state index in [0.29, 0.717) is 5.91 Å². The number of benzene rings is 2. The normalized spacial score (nSPS) is 18.6. The second kappa shape index (κ2) is 8.27. The first-order valence-electron chi connectivity index (χ1n) is 11.2. The van der Waals surface area contributed by atoms with Gasteiger partial charge in [0, 0.05) is 25.0 Å². The summed E-state index contributed by atoms with van der Waals surface area (Å²) in [4.78, 5) is 22.4. The molecule has 0 N–H and O–H groups in total. The highest BCUT2D eigenvalue weighted by atomic mass is 16.2. The predicted molar refractivity (Wildman–Crippen MR) is 125 cm³/mol. The van der Waals surface area contributed by atoms with Crippen molar-refractivity contribution in [3.05, 3.63) is 84.2 Å². The van der Waals surface area contributed by atoms with Gasteiger partial charge in [-0.1, -0.05) is 48.5 Å². The second-order valence-corrected chi connectivity index (χ2v) is 8.94. The molecule has 1 aromatic heterocycles. The minimum Gasteiger partial charge on any atom is -0.312 e. The van der Waals surface area contributed by atoms with E-state index in [1.807, 2.05) is 23.2 Å². The largest absolute Gasteiger partial charge is 0.312 e. The van der Waals surface area contributed by atoms with E-state index in [1.54, 1.807) is 0 Å². The molecule has 0 unspecified atom stereocenters. The van der Waals surface area contributed by atoms with E-state index in [0.717, 1.165) is 56.8 Å². The van der Waals surface area contributed by atoms with Crippen molar-refractivity contribution in [1.82, 2.24) is 9.88 Å². The highest BCUT2D eigenvalue weighted by Crippen LogP contribution is 2.43. The standard InChI is InChI=1S/C27H29N3O/c1-21-6-5-16-28-25(21)20-29-17-13-27(14-18-29)15-19-30(26(27)31)24-11-9-23(10-12-24)22-7-3-2-4-8-22/h2-12,16H,13-15,17-20H2,1H3. The molecular formula is C27H29N3O. The first-order valence-corrected chi connectivity index (χ1v) is 11.2. The molecule has 4 heteroatoms. The van der Waals surface area contributed by atoms with Gasteiger partial charge in [0.1, 0.15) is 0 Å². The van der Waals surface area contributed by atoms with Crippen LogP contribution in [0.4, 0.5) is 5.69 Å². The van der Waals surface area contributed by atoms with Crippen molar-refractivity contribution in [2.75, 3.05) is 24.5 Å². The number of carbonyl (C=O) groups is 1. The summed E-state index contributed by atoms with van der Waals surface area (Å²) in [6.45, 7) is 5.74. The highest BCUT2D eigenvalue weighted by molar-refractivity contribution is 6.00. The lowest BCUT2D eigenvalue weighted by Gasteiger charge is -2.38. The van der Waals surface area contributed by atoms with Crippen LogP contribution in [0.1, 0.15) is 30.5 Å². The van der Waals surface area contributed by atoms with Gasteiger partial charge in [-0.15, -0.1) is 0 Å². The number of aryl methyl sites for hydroxylation is 1. The van der Waals surface area contributed by atoms with E-state index < -0.39 is 0 Å². The van der Waals surface area contributed by atoms with Crippen molar-refractivity contribution in [2.45, 2.75) is 32.7 Å². The van der Waals surface area contributed by atoms with Crippen LogP contribution in [0, 0.1) is 12.3 Å². The van der Waals surface area contributed by atoms with Gasteiger partial charge in [0.15, 0.2) is 0 Å². The highest BCUT2D eigenvalue weighted by Gasteiger charge is 2.48. The second-order valence-electron chi connectivity index (χ2n) is 8.94. The summed E-state index contributed by atoms with van der Waals surface area (Å²) in [5.41, 5.74) is 5.61. The summed E-state index contributed by atoms with van der Waals surface area (Å²) in [6.07, 6.45) is 4.71. The summed E-state index contributed by atoms with van der Waals surface area (Å²) >= 11 is 0. The van der Waals surface area contributed by atoms with Gasteiger partial charge in [0.05, 0.1) is 11.1 Å². The molecule has 158 valence electrons. The molecule has 3 aromatic rings. The summed E-state index contributed by atoms with van der Waals surface area (Å²) in [5.74, 6) is 0.314. The van der Waals surface area contributed by atoms with Crippen molar-refractivity contribution in [1.29, 1.82) is 0 Å². The molecule has 31 heavy (non-hydrogen) atoms. The van der Waals surface area contributed by atoms with E-state index in [1.165, 1.54) is 16.7 Å². The summed E-state index contributed by atoms with van der Waals surface area (Å²) < 4.78 is 0. The van der Waals surface area contributed by atoms with Crippen LogP contribution >= 0.6 is 0 Å². The van der Waals surface area contributed by atoms with Crippen LogP contribution in [0.3, 0.4) is 0 Å². The Hall–Kier alpha value is -2.98. The van der Waals surface area contributed by atoms with E-state index in [4.69, 9.17) is 0 Å². The third-order valence-electron chi connectivity index (χ3n) is 7.10.